The van der Waals surface area contributed by atoms with E-state index in [-0.39, 0.29) is 18.4 Å². The van der Waals surface area contributed by atoms with E-state index in [1.54, 1.807) is 24.3 Å². The summed E-state index contributed by atoms with van der Waals surface area (Å²) in [5.74, 6) is 0.135. The molecule has 0 unspecified atom stereocenters. The van der Waals surface area contributed by atoms with Gasteiger partial charge in [0, 0.05) is 10.2 Å². The second kappa shape index (κ2) is 7.92. The number of para-hydroxylation sites is 1. The second-order valence-corrected chi connectivity index (χ2v) is 6.37. The Morgan fingerprint density at radius 3 is 2.58 bits per heavy atom. The molecule has 0 radical (unpaired) electrons. The van der Waals surface area contributed by atoms with Crippen LogP contribution in [0.3, 0.4) is 0 Å². The lowest BCUT2D eigenvalue weighted by Crippen LogP contribution is -2.11. The fourth-order valence-corrected chi connectivity index (χ4v) is 2.46. The number of hydrogen-bond acceptors (Lipinski definition) is 7. The van der Waals surface area contributed by atoms with Crippen LogP contribution in [0.1, 0.15) is 21.7 Å². The predicted octanol–water partition coefficient (Wildman–Crippen LogP) is 3.63. The van der Waals surface area contributed by atoms with Crippen LogP contribution in [0.15, 0.2) is 53.0 Å². The lowest BCUT2D eigenvalue weighted by atomic mass is 10.2. The van der Waals surface area contributed by atoms with Gasteiger partial charge in [0.15, 0.2) is 12.4 Å². The molecule has 1 heterocycles. The summed E-state index contributed by atoms with van der Waals surface area (Å²) in [5, 5.41) is 3.09. The molecule has 0 saturated heterocycles. The maximum atomic E-state index is 12.1. The zero-order valence-corrected chi connectivity index (χ0v) is 15.5. The second-order valence-electron chi connectivity index (χ2n) is 5.46. The topological polar surface area (TPSA) is 103 Å². The number of aromatic nitrogens is 3. The van der Waals surface area contributed by atoms with Gasteiger partial charge in [-0.3, -0.25) is 0 Å². The van der Waals surface area contributed by atoms with E-state index in [9.17, 15) is 4.79 Å². The fraction of sp³-hybridized carbons (Fsp3) is 0.111. The molecule has 7 nitrogen and oxygen atoms in total. The molecular weight excluding hydrogens is 398 g/mol. The molecule has 0 spiro atoms. The van der Waals surface area contributed by atoms with Crippen LogP contribution in [0.4, 0.5) is 17.6 Å². The van der Waals surface area contributed by atoms with E-state index in [1.807, 2.05) is 31.2 Å². The monoisotopic (exact) mass is 413 g/mol. The molecule has 0 aliphatic heterocycles. The van der Waals surface area contributed by atoms with Crippen molar-refractivity contribution in [2.24, 2.45) is 0 Å². The molecule has 8 heteroatoms. The van der Waals surface area contributed by atoms with Crippen molar-refractivity contribution < 1.29 is 9.53 Å². The van der Waals surface area contributed by atoms with E-state index in [0.717, 1.165) is 15.7 Å². The van der Waals surface area contributed by atoms with E-state index in [2.05, 4.69) is 36.2 Å². The Morgan fingerprint density at radius 1 is 1.12 bits per heavy atom. The highest BCUT2D eigenvalue weighted by atomic mass is 79.9. The number of carbonyl (C=O) groups excluding carboxylic acids is 1. The normalized spacial score (nSPS) is 10.4. The predicted molar refractivity (Wildman–Crippen MR) is 102 cm³/mol. The highest BCUT2D eigenvalue weighted by Crippen LogP contribution is 2.18. The summed E-state index contributed by atoms with van der Waals surface area (Å²) in [4.78, 5) is 24.4. The molecule has 0 amide bonds. The van der Waals surface area contributed by atoms with Gasteiger partial charge < -0.3 is 15.8 Å². The van der Waals surface area contributed by atoms with Gasteiger partial charge in [0.1, 0.15) is 0 Å². The van der Waals surface area contributed by atoms with E-state index in [0.29, 0.717) is 11.5 Å². The highest BCUT2D eigenvalue weighted by molar-refractivity contribution is 9.10. The van der Waals surface area contributed by atoms with Gasteiger partial charge in [-0.25, -0.2) is 4.79 Å². The summed E-state index contributed by atoms with van der Waals surface area (Å²) < 4.78 is 6.13. The largest absolute Gasteiger partial charge is 0.454 e. The Labute approximate surface area is 158 Å². The van der Waals surface area contributed by atoms with Crippen LogP contribution in [0.2, 0.25) is 0 Å². The van der Waals surface area contributed by atoms with Crippen LogP contribution in [-0.2, 0) is 11.3 Å². The molecule has 0 atom stereocenters. The number of ether oxygens (including phenoxy) is 1. The van der Waals surface area contributed by atoms with Crippen molar-refractivity contribution in [1.82, 2.24) is 15.0 Å². The van der Waals surface area contributed by atoms with Gasteiger partial charge in [-0.15, -0.1) is 0 Å². The molecule has 3 N–H and O–H groups in total. The zero-order chi connectivity index (χ0) is 18.5. The lowest BCUT2D eigenvalue weighted by molar-refractivity contribution is 0.0462. The van der Waals surface area contributed by atoms with E-state index in [4.69, 9.17) is 10.5 Å². The molecule has 0 saturated carbocycles. The third kappa shape index (κ3) is 4.54. The summed E-state index contributed by atoms with van der Waals surface area (Å²) in [6, 6.07) is 14.6. The van der Waals surface area contributed by atoms with Crippen molar-refractivity contribution in [1.29, 1.82) is 0 Å². The Bertz CT molecular complexity index is 931. The van der Waals surface area contributed by atoms with Crippen molar-refractivity contribution in [3.05, 3.63) is 70.0 Å². The molecule has 132 valence electrons. The van der Waals surface area contributed by atoms with Gasteiger partial charge >= 0.3 is 5.97 Å². The molecule has 2 aromatic carbocycles. The summed E-state index contributed by atoms with van der Waals surface area (Å²) in [7, 11) is 0. The Kier molecular flexibility index (Phi) is 5.43. The molecule has 0 bridgehead atoms. The van der Waals surface area contributed by atoms with Gasteiger partial charge in [-0.05, 0) is 42.8 Å². The van der Waals surface area contributed by atoms with Crippen molar-refractivity contribution >= 4 is 39.5 Å². The van der Waals surface area contributed by atoms with Crippen LogP contribution in [0.5, 0.6) is 0 Å². The maximum Gasteiger partial charge on any atom is 0.338 e. The van der Waals surface area contributed by atoms with E-state index >= 15 is 0 Å². The molecule has 0 aliphatic carbocycles. The van der Waals surface area contributed by atoms with Crippen molar-refractivity contribution in [3.63, 3.8) is 0 Å². The molecule has 26 heavy (non-hydrogen) atoms. The first kappa shape index (κ1) is 17.8. The molecule has 3 rings (SSSR count). The number of nitrogens with one attached hydrogen (secondary N) is 1. The summed E-state index contributed by atoms with van der Waals surface area (Å²) in [5.41, 5.74) is 8.07. The third-order valence-electron chi connectivity index (χ3n) is 3.50. The first-order chi connectivity index (χ1) is 12.5. The lowest BCUT2D eigenvalue weighted by Gasteiger charge is -2.09. The molecule has 3 aromatic rings. The first-order valence-electron chi connectivity index (χ1n) is 7.77. The third-order valence-corrected chi connectivity index (χ3v) is 4.03. The van der Waals surface area contributed by atoms with Gasteiger partial charge in [0.05, 0.1) is 5.56 Å². The Morgan fingerprint density at radius 2 is 1.85 bits per heavy atom. The number of carbonyl (C=O) groups is 1. The van der Waals surface area contributed by atoms with Crippen LogP contribution in [0, 0.1) is 6.92 Å². The van der Waals surface area contributed by atoms with E-state index in [1.165, 1.54) is 0 Å². The van der Waals surface area contributed by atoms with Gasteiger partial charge in [-0.2, -0.15) is 15.0 Å². The number of rotatable bonds is 5. The quantitative estimate of drug-likeness (QED) is 0.615. The smallest absolute Gasteiger partial charge is 0.338 e. The number of nitrogens with zero attached hydrogens (tertiary/aromatic N) is 3. The van der Waals surface area contributed by atoms with Gasteiger partial charge in [0.2, 0.25) is 11.9 Å². The Balaban J connectivity index is 1.70. The standard InChI is InChI=1S/C18H16BrN5O2/c1-11-4-2-3-5-14(11)21-18-23-15(22-17(20)24-18)10-26-16(25)12-6-8-13(19)9-7-12/h2-9H,10H2,1H3,(H3,20,21,22,23,24). The molecule has 0 fully saturated rings. The average molecular weight is 414 g/mol. The first-order valence-corrected chi connectivity index (χ1v) is 8.56. The number of nitrogens with two attached hydrogens (primary N) is 1. The van der Waals surface area contributed by atoms with Crippen LogP contribution in [-0.4, -0.2) is 20.9 Å². The van der Waals surface area contributed by atoms with Crippen LogP contribution >= 0.6 is 15.9 Å². The minimum Gasteiger partial charge on any atom is -0.454 e. The van der Waals surface area contributed by atoms with Crippen molar-refractivity contribution in [2.75, 3.05) is 11.1 Å². The number of aryl methyl sites for hydroxylation is 1. The van der Waals surface area contributed by atoms with Crippen LogP contribution in [0.25, 0.3) is 0 Å². The Hall–Kier alpha value is -3.00. The van der Waals surface area contributed by atoms with Crippen LogP contribution < -0.4 is 11.1 Å². The van der Waals surface area contributed by atoms with Crippen molar-refractivity contribution in [3.8, 4) is 0 Å². The zero-order valence-electron chi connectivity index (χ0n) is 13.9. The molecular formula is C18H16BrN5O2. The SMILES string of the molecule is Cc1ccccc1Nc1nc(N)nc(COC(=O)c2ccc(Br)cc2)n1. The number of nitrogen functional groups attached to an aromatic ring is 1. The summed E-state index contributed by atoms with van der Waals surface area (Å²) in [6.07, 6.45) is 0. The number of benzene rings is 2. The number of anilines is 3. The minimum atomic E-state index is -0.468. The van der Waals surface area contributed by atoms with Gasteiger partial charge in [0.25, 0.3) is 0 Å². The summed E-state index contributed by atoms with van der Waals surface area (Å²) >= 11 is 3.32. The fourth-order valence-electron chi connectivity index (χ4n) is 2.19. The van der Waals surface area contributed by atoms with Crippen molar-refractivity contribution in [2.45, 2.75) is 13.5 Å². The average Bonchev–Trinajstić information content (AvgIpc) is 2.62. The van der Waals surface area contributed by atoms with E-state index < -0.39 is 5.97 Å². The summed E-state index contributed by atoms with van der Waals surface area (Å²) in [6.45, 7) is 1.86. The number of halogens is 1. The number of hydrogen-bond donors (Lipinski definition) is 2. The molecule has 0 aliphatic rings. The van der Waals surface area contributed by atoms with Gasteiger partial charge in [-0.1, -0.05) is 34.1 Å². The maximum absolute atomic E-state index is 12.1. The highest BCUT2D eigenvalue weighted by Gasteiger charge is 2.11. The molecule has 1 aromatic heterocycles. The minimum absolute atomic E-state index is 0.0470. The number of esters is 1.